The number of amides is 1. The summed E-state index contributed by atoms with van der Waals surface area (Å²) in [5.41, 5.74) is 0.314. The molecule has 0 aliphatic carbocycles. The van der Waals surface area contributed by atoms with Gasteiger partial charge in [-0.15, -0.1) is 0 Å². The summed E-state index contributed by atoms with van der Waals surface area (Å²) in [7, 11) is 1.48. The molecular weight excluding hydrogens is 366 g/mol. The minimum atomic E-state index is -0.685. The van der Waals surface area contributed by atoms with Crippen LogP contribution in [0.4, 0.5) is 20.2 Å². The van der Waals surface area contributed by atoms with Crippen molar-refractivity contribution < 1.29 is 23.0 Å². The van der Waals surface area contributed by atoms with E-state index in [4.69, 9.17) is 9.47 Å². The first-order valence-electron chi connectivity index (χ1n) is 9.29. The molecule has 1 aliphatic heterocycles. The number of halogens is 2. The molecule has 2 aromatic rings. The first-order chi connectivity index (χ1) is 13.4. The number of ether oxygens (including phenoxy) is 2. The van der Waals surface area contributed by atoms with Crippen molar-refractivity contribution in [1.82, 2.24) is 0 Å². The van der Waals surface area contributed by atoms with E-state index in [0.29, 0.717) is 24.6 Å². The molecule has 5 nitrogen and oxygen atoms in total. The highest BCUT2D eigenvalue weighted by Gasteiger charge is 2.22. The highest BCUT2D eigenvalue weighted by Crippen LogP contribution is 2.31. The maximum absolute atomic E-state index is 14.4. The second-order valence-corrected chi connectivity index (χ2v) is 6.97. The van der Waals surface area contributed by atoms with Gasteiger partial charge in [-0.1, -0.05) is 0 Å². The predicted octanol–water partition coefficient (Wildman–Crippen LogP) is 4.61. The summed E-state index contributed by atoms with van der Waals surface area (Å²) in [4.78, 5) is 14.2. The van der Waals surface area contributed by atoms with Gasteiger partial charge in [0.1, 0.15) is 5.69 Å². The minimum absolute atomic E-state index is 0.0349. The van der Waals surface area contributed by atoms with Crippen LogP contribution in [0.1, 0.15) is 37.0 Å². The number of methoxy groups -OCH3 is 1. The summed E-state index contributed by atoms with van der Waals surface area (Å²) in [5, 5.41) is 2.54. The van der Waals surface area contributed by atoms with Crippen molar-refractivity contribution in [2.75, 3.05) is 30.4 Å². The molecule has 1 fully saturated rings. The molecule has 7 heteroatoms. The Balaban J connectivity index is 1.79. The van der Waals surface area contributed by atoms with Crippen LogP contribution in [0.15, 0.2) is 30.3 Å². The molecule has 0 spiro atoms. The lowest BCUT2D eigenvalue weighted by molar-refractivity contribution is 0.102. The Morgan fingerprint density at radius 3 is 2.29 bits per heavy atom. The van der Waals surface area contributed by atoms with Crippen LogP contribution in [0.3, 0.4) is 0 Å². The molecule has 1 aliphatic rings. The Kier molecular flexibility index (Phi) is 6.02. The molecule has 0 unspecified atom stereocenters. The summed E-state index contributed by atoms with van der Waals surface area (Å²) in [6.45, 7) is 5.03. The lowest BCUT2D eigenvalue weighted by Gasteiger charge is -2.20. The van der Waals surface area contributed by atoms with Gasteiger partial charge in [0.2, 0.25) is 0 Å². The number of hydrogen-bond donors (Lipinski definition) is 1. The van der Waals surface area contributed by atoms with Gasteiger partial charge in [0.15, 0.2) is 23.1 Å². The Bertz CT molecular complexity index is 842. The maximum atomic E-state index is 14.4. The molecule has 0 bridgehead atoms. The number of nitrogens with zero attached hydrogens (tertiary/aromatic N) is 1. The van der Waals surface area contributed by atoms with E-state index in [2.05, 4.69) is 5.32 Å². The zero-order valence-electron chi connectivity index (χ0n) is 16.2. The zero-order chi connectivity index (χ0) is 20.3. The van der Waals surface area contributed by atoms with E-state index in [-0.39, 0.29) is 23.0 Å². The van der Waals surface area contributed by atoms with E-state index >= 15 is 0 Å². The Labute approximate surface area is 163 Å². The fraction of sp³-hybridized carbons (Fsp3) is 0.381. The quantitative estimate of drug-likeness (QED) is 0.782. The highest BCUT2D eigenvalue weighted by molar-refractivity contribution is 6.04. The van der Waals surface area contributed by atoms with E-state index in [1.54, 1.807) is 17.0 Å². The maximum Gasteiger partial charge on any atom is 0.255 e. The second kappa shape index (κ2) is 8.46. The minimum Gasteiger partial charge on any atom is -0.493 e. The van der Waals surface area contributed by atoms with Gasteiger partial charge < -0.3 is 19.7 Å². The van der Waals surface area contributed by atoms with Crippen LogP contribution in [0.5, 0.6) is 11.5 Å². The molecule has 1 saturated heterocycles. The van der Waals surface area contributed by atoms with E-state index in [9.17, 15) is 13.6 Å². The summed E-state index contributed by atoms with van der Waals surface area (Å²) in [6, 6.07) is 7.01. The van der Waals surface area contributed by atoms with E-state index in [1.807, 2.05) is 13.8 Å². The fourth-order valence-electron chi connectivity index (χ4n) is 3.24. The summed E-state index contributed by atoms with van der Waals surface area (Å²) >= 11 is 0. The lowest BCUT2D eigenvalue weighted by Crippen LogP contribution is -2.21. The van der Waals surface area contributed by atoms with E-state index < -0.39 is 17.5 Å². The molecule has 150 valence electrons. The van der Waals surface area contributed by atoms with Gasteiger partial charge in [0, 0.05) is 24.3 Å². The van der Waals surface area contributed by atoms with Gasteiger partial charge in [-0.3, -0.25) is 4.79 Å². The number of nitrogens with one attached hydrogen (secondary N) is 1. The van der Waals surface area contributed by atoms with Gasteiger partial charge in [0.05, 0.1) is 13.2 Å². The second-order valence-electron chi connectivity index (χ2n) is 6.97. The number of carbonyl (C=O) groups excluding carboxylic acids is 1. The van der Waals surface area contributed by atoms with Crippen molar-refractivity contribution >= 4 is 17.3 Å². The van der Waals surface area contributed by atoms with Gasteiger partial charge in [-0.2, -0.15) is 0 Å². The van der Waals surface area contributed by atoms with Crippen molar-refractivity contribution in [3.05, 3.63) is 47.5 Å². The first-order valence-corrected chi connectivity index (χ1v) is 9.29. The summed E-state index contributed by atoms with van der Waals surface area (Å²) < 4.78 is 39.8. The first kappa shape index (κ1) is 19.9. The number of hydrogen-bond acceptors (Lipinski definition) is 4. The van der Waals surface area contributed by atoms with Crippen molar-refractivity contribution in [3.8, 4) is 11.5 Å². The molecule has 1 amide bonds. The number of anilines is 2. The van der Waals surface area contributed by atoms with Crippen LogP contribution in [-0.4, -0.2) is 32.2 Å². The number of benzene rings is 2. The average molecular weight is 390 g/mol. The van der Waals surface area contributed by atoms with Crippen LogP contribution in [0.25, 0.3) is 0 Å². The topological polar surface area (TPSA) is 50.8 Å². The monoisotopic (exact) mass is 390 g/mol. The normalized spacial score (nSPS) is 13.7. The summed E-state index contributed by atoms with van der Waals surface area (Å²) in [5.74, 6) is -0.947. The third-order valence-corrected chi connectivity index (χ3v) is 4.49. The van der Waals surface area contributed by atoms with Gasteiger partial charge in [0.25, 0.3) is 5.91 Å². The van der Waals surface area contributed by atoms with E-state index in [1.165, 1.54) is 13.2 Å². The number of carbonyl (C=O) groups is 1. The Hall–Kier alpha value is -2.83. The third-order valence-electron chi connectivity index (χ3n) is 4.49. The number of rotatable bonds is 6. The Morgan fingerprint density at radius 2 is 1.71 bits per heavy atom. The predicted molar refractivity (Wildman–Crippen MR) is 105 cm³/mol. The zero-order valence-corrected chi connectivity index (χ0v) is 16.2. The molecule has 28 heavy (non-hydrogen) atoms. The smallest absolute Gasteiger partial charge is 0.255 e. The van der Waals surface area contributed by atoms with Crippen molar-refractivity contribution in [2.45, 2.75) is 32.8 Å². The van der Waals surface area contributed by atoms with Crippen LogP contribution >= 0.6 is 0 Å². The molecule has 0 aromatic heterocycles. The molecule has 3 rings (SSSR count). The van der Waals surface area contributed by atoms with Gasteiger partial charge in [-0.25, -0.2) is 8.78 Å². The van der Waals surface area contributed by atoms with Crippen molar-refractivity contribution in [2.24, 2.45) is 0 Å². The van der Waals surface area contributed by atoms with Crippen LogP contribution in [0.2, 0.25) is 0 Å². The lowest BCUT2D eigenvalue weighted by atomic mass is 10.1. The molecule has 1 heterocycles. The van der Waals surface area contributed by atoms with E-state index in [0.717, 1.165) is 25.0 Å². The van der Waals surface area contributed by atoms with Crippen LogP contribution in [0, 0.1) is 11.6 Å². The van der Waals surface area contributed by atoms with Gasteiger partial charge >= 0.3 is 0 Å². The van der Waals surface area contributed by atoms with Crippen LogP contribution < -0.4 is 19.7 Å². The van der Waals surface area contributed by atoms with Gasteiger partial charge in [-0.05, 0) is 57.0 Å². The SMILES string of the molecule is COc1cc(C(=O)Nc2cc(F)c(N3CCCC3)c(F)c2)ccc1OC(C)C. The largest absolute Gasteiger partial charge is 0.493 e. The third kappa shape index (κ3) is 4.35. The molecule has 2 aromatic carbocycles. The molecule has 1 N–H and O–H groups in total. The fourth-order valence-corrected chi connectivity index (χ4v) is 3.24. The average Bonchev–Trinajstić information content (AvgIpc) is 3.15. The molecule has 0 radical (unpaired) electrons. The summed E-state index contributed by atoms with van der Waals surface area (Å²) in [6.07, 6.45) is 1.78. The standard InChI is InChI=1S/C21H24F2N2O3/c1-13(2)28-18-7-6-14(10-19(18)27-3)21(26)24-15-11-16(22)20(17(23)12-15)25-8-4-5-9-25/h6-7,10-13H,4-5,8-9H2,1-3H3,(H,24,26). The molecule has 0 saturated carbocycles. The molecular formula is C21H24F2N2O3. The van der Waals surface area contributed by atoms with Crippen LogP contribution in [-0.2, 0) is 0 Å². The molecule has 0 atom stereocenters. The Morgan fingerprint density at radius 1 is 1.07 bits per heavy atom. The van der Waals surface area contributed by atoms with Crippen molar-refractivity contribution in [1.29, 1.82) is 0 Å². The highest BCUT2D eigenvalue weighted by atomic mass is 19.1. The van der Waals surface area contributed by atoms with Crippen molar-refractivity contribution in [3.63, 3.8) is 0 Å².